The molecule has 0 fully saturated rings. The number of anilines is 1. The molecule has 2 heterocycles. The van der Waals surface area contributed by atoms with Crippen LogP contribution in [0.15, 0.2) is 42.5 Å². The molecular weight excluding hydrogens is 314 g/mol. The molecule has 0 aliphatic carbocycles. The molecule has 0 amide bonds. The van der Waals surface area contributed by atoms with Crippen molar-refractivity contribution in [2.45, 2.75) is 25.0 Å². The quantitative estimate of drug-likeness (QED) is 0.820. The maximum Gasteiger partial charge on any atom is 0.212 e. The third-order valence-electron chi connectivity index (χ3n) is 5.61. The van der Waals surface area contributed by atoms with E-state index in [1.54, 1.807) is 14.2 Å². The second kappa shape index (κ2) is 5.19. The monoisotopic (exact) mass is 337 g/mol. The number of likely N-dealkylation sites (N-methyl/N-ethyl adjacent to an activating group) is 1. The van der Waals surface area contributed by atoms with Crippen molar-refractivity contribution in [1.29, 1.82) is 0 Å². The maximum absolute atomic E-state index is 6.66. The summed E-state index contributed by atoms with van der Waals surface area (Å²) in [5, 5.41) is 0. The number of benzene rings is 2. The topological polar surface area (TPSA) is 30.9 Å². The van der Waals surface area contributed by atoms with E-state index in [0.717, 1.165) is 28.5 Å². The van der Waals surface area contributed by atoms with E-state index in [-0.39, 0.29) is 5.41 Å². The highest BCUT2D eigenvalue weighted by molar-refractivity contribution is 5.74. The molecule has 1 atom stereocenters. The largest absolute Gasteiger partial charge is 0.497 e. The van der Waals surface area contributed by atoms with Crippen LogP contribution in [0.2, 0.25) is 0 Å². The summed E-state index contributed by atoms with van der Waals surface area (Å²) >= 11 is 0. The van der Waals surface area contributed by atoms with Crippen molar-refractivity contribution >= 4 is 11.8 Å². The minimum atomic E-state index is -0.622. The first-order valence-electron chi connectivity index (χ1n) is 8.42. The Hall–Kier alpha value is -2.62. The van der Waals surface area contributed by atoms with Crippen LogP contribution in [0.25, 0.3) is 6.08 Å². The Morgan fingerprint density at radius 3 is 2.56 bits per heavy atom. The van der Waals surface area contributed by atoms with Crippen LogP contribution in [0.4, 0.5) is 5.69 Å². The number of rotatable bonds is 2. The van der Waals surface area contributed by atoms with E-state index in [9.17, 15) is 0 Å². The lowest BCUT2D eigenvalue weighted by Crippen LogP contribution is -2.58. The Morgan fingerprint density at radius 1 is 1.04 bits per heavy atom. The van der Waals surface area contributed by atoms with Crippen LogP contribution in [0.3, 0.4) is 0 Å². The van der Waals surface area contributed by atoms with E-state index in [1.807, 2.05) is 24.3 Å². The zero-order valence-electron chi connectivity index (χ0n) is 15.3. The normalized spacial score (nSPS) is 22.4. The molecule has 2 aromatic rings. The van der Waals surface area contributed by atoms with Crippen molar-refractivity contribution in [3.05, 3.63) is 53.6 Å². The van der Waals surface area contributed by atoms with Gasteiger partial charge in [-0.15, -0.1) is 0 Å². The van der Waals surface area contributed by atoms with E-state index in [1.165, 1.54) is 5.56 Å². The second-order valence-electron chi connectivity index (χ2n) is 7.08. The summed E-state index contributed by atoms with van der Waals surface area (Å²) in [6.07, 6.45) is 4.28. The molecule has 1 unspecified atom stereocenters. The number of methoxy groups -OCH3 is 2. The molecular formula is C21H23NO3. The number of para-hydroxylation sites is 1. The van der Waals surface area contributed by atoms with Gasteiger partial charge in [-0.2, -0.15) is 0 Å². The molecule has 0 N–H and O–H groups in total. The maximum atomic E-state index is 6.66. The van der Waals surface area contributed by atoms with Gasteiger partial charge in [0.05, 0.1) is 19.6 Å². The molecule has 4 nitrogen and oxygen atoms in total. The van der Waals surface area contributed by atoms with Gasteiger partial charge in [-0.1, -0.05) is 12.1 Å². The number of hydrogen-bond donors (Lipinski definition) is 0. The predicted octanol–water partition coefficient (Wildman–Crippen LogP) is 4.23. The fourth-order valence-corrected chi connectivity index (χ4v) is 4.07. The Morgan fingerprint density at radius 2 is 1.84 bits per heavy atom. The molecule has 1 spiro atoms. The van der Waals surface area contributed by atoms with E-state index < -0.39 is 5.72 Å². The Bertz CT molecular complexity index is 871. The van der Waals surface area contributed by atoms with Crippen LogP contribution in [0.5, 0.6) is 17.2 Å². The first kappa shape index (κ1) is 15.9. The molecule has 0 saturated carbocycles. The lowest BCUT2D eigenvalue weighted by atomic mass is 9.76. The van der Waals surface area contributed by atoms with Crippen molar-refractivity contribution < 1.29 is 14.2 Å². The summed E-state index contributed by atoms with van der Waals surface area (Å²) < 4.78 is 17.6. The van der Waals surface area contributed by atoms with Gasteiger partial charge in [0, 0.05) is 18.3 Å². The zero-order valence-corrected chi connectivity index (χ0v) is 15.3. The SMILES string of the molecule is COc1ccc2c(c1)C(C)(C)C1(C=Cc3cccc(OC)c3O1)N2C. The van der Waals surface area contributed by atoms with Gasteiger partial charge in [-0.25, -0.2) is 0 Å². The van der Waals surface area contributed by atoms with E-state index in [0.29, 0.717) is 0 Å². The molecule has 4 rings (SSSR count). The number of ether oxygens (including phenoxy) is 3. The van der Waals surface area contributed by atoms with Crippen molar-refractivity contribution in [2.75, 3.05) is 26.2 Å². The van der Waals surface area contributed by atoms with Crippen molar-refractivity contribution in [3.8, 4) is 17.2 Å². The van der Waals surface area contributed by atoms with Crippen molar-refractivity contribution in [1.82, 2.24) is 0 Å². The fraction of sp³-hybridized carbons (Fsp3) is 0.333. The third kappa shape index (κ3) is 1.94. The summed E-state index contributed by atoms with van der Waals surface area (Å²) in [6.45, 7) is 4.42. The molecule has 0 bridgehead atoms. The van der Waals surface area contributed by atoms with E-state index >= 15 is 0 Å². The molecule has 0 radical (unpaired) electrons. The molecule has 0 aromatic heterocycles. The lowest BCUT2D eigenvalue weighted by Gasteiger charge is -2.46. The zero-order chi connectivity index (χ0) is 17.8. The van der Waals surface area contributed by atoms with Gasteiger partial charge < -0.3 is 19.1 Å². The Balaban J connectivity index is 1.89. The summed E-state index contributed by atoms with van der Waals surface area (Å²) in [5.41, 5.74) is 2.48. The number of fused-ring (bicyclic) bond motifs is 2. The van der Waals surface area contributed by atoms with E-state index in [4.69, 9.17) is 14.2 Å². The van der Waals surface area contributed by atoms with Gasteiger partial charge in [0.15, 0.2) is 11.5 Å². The molecule has 25 heavy (non-hydrogen) atoms. The number of nitrogens with zero attached hydrogens (tertiary/aromatic N) is 1. The molecule has 2 aliphatic heterocycles. The predicted molar refractivity (Wildman–Crippen MR) is 99.8 cm³/mol. The average Bonchev–Trinajstić information content (AvgIpc) is 2.79. The summed E-state index contributed by atoms with van der Waals surface area (Å²) in [7, 11) is 5.44. The van der Waals surface area contributed by atoms with Crippen LogP contribution < -0.4 is 19.1 Å². The minimum absolute atomic E-state index is 0.277. The van der Waals surface area contributed by atoms with Gasteiger partial charge in [-0.05, 0) is 55.8 Å². The van der Waals surface area contributed by atoms with Crippen LogP contribution >= 0.6 is 0 Å². The number of hydrogen-bond acceptors (Lipinski definition) is 4. The summed E-state index contributed by atoms with van der Waals surface area (Å²) in [4.78, 5) is 2.20. The Kier molecular flexibility index (Phi) is 3.29. The lowest BCUT2D eigenvalue weighted by molar-refractivity contribution is 0.0551. The molecule has 2 aliphatic rings. The second-order valence-corrected chi connectivity index (χ2v) is 7.08. The first-order valence-corrected chi connectivity index (χ1v) is 8.42. The molecule has 2 aromatic carbocycles. The van der Waals surface area contributed by atoms with Gasteiger partial charge in [0.1, 0.15) is 5.75 Å². The van der Waals surface area contributed by atoms with Crippen molar-refractivity contribution in [3.63, 3.8) is 0 Å². The Labute approximate surface area is 148 Å². The summed E-state index contributed by atoms with van der Waals surface area (Å²) in [6, 6.07) is 12.1. The van der Waals surface area contributed by atoms with Gasteiger partial charge in [0.2, 0.25) is 5.72 Å². The van der Waals surface area contributed by atoms with Gasteiger partial charge in [-0.3, -0.25) is 0 Å². The van der Waals surface area contributed by atoms with Crippen LogP contribution in [0, 0.1) is 0 Å². The minimum Gasteiger partial charge on any atom is -0.497 e. The highest BCUT2D eigenvalue weighted by Crippen LogP contribution is 2.55. The van der Waals surface area contributed by atoms with Gasteiger partial charge >= 0.3 is 0 Å². The first-order chi connectivity index (χ1) is 11.9. The summed E-state index contributed by atoms with van der Waals surface area (Å²) in [5.74, 6) is 2.39. The highest BCUT2D eigenvalue weighted by atomic mass is 16.5. The van der Waals surface area contributed by atoms with Crippen molar-refractivity contribution in [2.24, 2.45) is 0 Å². The average molecular weight is 337 g/mol. The van der Waals surface area contributed by atoms with Crippen LogP contribution in [0.1, 0.15) is 25.0 Å². The molecule has 4 heteroatoms. The van der Waals surface area contributed by atoms with Gasteiger partial charge in [0.25, 0.3) is 0 Å². The molecule has 130 valence electrons. The molecule has 0 saturated heterocycles. The third-order valence-corrected chi connectivity index (χ3v) is 5.61. The highest BCUT2D eigenvalue weighted by Gasteiger charge is 2.58. The van der Waals surface area contributed by atoms with E-state index in [2.05, 4.69) is 50.1 Å². The smallest absolute Gasteiger partial charge is 0.212 e. The standard InChI is InChI=1S/C21H23NO3/c1-20(2)16-13-15(23-4)9-10-17(16)22(3)21(20)12-11-14-7-6-8-18(24-5)19(14)25-21/h6-13H,1-5H3. The van der Waals surface area contributed by atoms with Crippen LogP contribution in [-0.2, 0) is 5.41 Å². The fourth-order valence-electron chi connectivity index (χ4n) is 4.07. The van der Waals surface area contributed by atoms with Crippen LogP contribution in [-0.4, -0.2) is 27.0 Å².